The molecule has 0 aliphatic heterocycles. The Labute approximate surface area is 109 Å². The molecule has 0 radical (unpaired) electrons. The van der Waals surface area contributed by atoms with Crippen LogP contribution in [0.2, 0.25) is 0 Å². The van der Waals surface area contributed by atoms with E-state index in [2.05, 4.69) is 38.2 Å². The Morgan fingerprint density at radius 3 is 2.39 bits per heavy atom. The average molecular weight is 249 g/mol. The highest BCUT2D eigenvalue weighted by Crippen LogP contribution is 2.15. The Bertz CT molecular complexity index is 427. The molecule has 0 amide bonds. The molecule has 2 N–H and O–H groups in total. The van der Waals surface area contributed by atoms with E-state index >= 15 is 0 Å². The van der Waals surface area contributed by atoms with Gasteiger partial charge in [-0.2, -0.15) is 0 Å². The van der Waals surface area contributed by atoms with Crippen molar-refractivity contribution in [2.45, 2.75) is 53.1 Å². The number of hydrogen-bond acceptors (Lipinski definition) is 2. The molecule has 1 aromatic rings. The zero-order valence-electron chi connectivity index (χ0n) is 11.7. The summed E-state index contributed by atoms with van der Waals surface area (Å²) in [5.74, 6) is -0.765. The third kappa shape index (κ3) is 3.84. The fourth-order valence-corrected chi connectivity index (χ4v) is 2.05. The highest BCUT2D eigenvalue weighted by atomic mass is 16.4. The first-order chi connectivity index (χ1) is 8.45. The second-order valence-electron chi connectivity index (χ2n) is 4.92. The predicted octanol–water partition coefficient (Wildman–Crippen LogP) is 2.95. The van der Waals surface area contributed by atoms with E-state index in [1.165, 1.54) is 22.3 Å². The molecule has 0 heterocycles. The number of benzene rings is 1. The van der Waals surface area contributed by atoms with Crippen LogP contribution in [0.15, 0.2) is 12.1 Å². The van der Waals surface area contributed by atoms with E-state index in [1.807, 2.05) is 6.92 Å². The summed E-state index contributed by atoms with van der Waals surface area (Å²) in [7, 11) is 0. The Hall–Kier alpha value is -1.35. The fourth-order valence-electron chi connectivity index (χ4n) is 2.05. The van der Waals surface area contributed by atoms with Crippen molar-refractivity contribution in [3.05, 3.63) is 34.4 Å². The largest absolute Gasteiger partial charge is 0.480 e. The second-order valence-corrected chi connectivity index (χ2v) is 4.92. The molecule has 0 aromatic heterocycles. The van der Waals surface area contributed by atoms with Crippen LogP contribution in [-0.2, 0) is 11.3 Å². The Balaban J connectivity index is 2.73. The van der Waals surface area contributed by atoms with Gasteiger partial charge in [0, 0.05) is 6.54 Å². The molecule has 1 rings (SSSR count). The summed E-state index contributed by atoms with van der Waals surface area (Å²) in [6.07, 6.45) is 1.54. The third-order valence-electron chi connectivity index (χ3n) is 3.37. The summed E-state index contributed by atoms with van der Waals surface area (Å²) in [4.78, 5) is 11.1. The molecule has 0 saturated carbocycles. The third-order valence-corrected chi connectivity index (χ3v) is 3.37. The molecule has 18 heavy (non-hydrogen) atoms. The quantitative estimate of drug-likeness (QED) is 0.815. The highest BCUT2D eigenvalue weighted by Gasteiger charge is 2.15. The molecule has 0 aliphatic rings. The van der Waals surface area contributed by atoms with Crippen molar-refractivity contribution in [1.29, 1.82) is 0 Å². The summed E-state index contributed by atoms with van der Waals surface area (Å²) in [6.45, 7) is 8.86. The lowest BCUT2D eigenvalue weighted by Gasteiger charge is -2.15. The Morgan fingerprint density at radius 2 is 1.83 bits per heavy atom. The molecule has 0 aliphatic carbocycles. The average Bonchev–Trinajstić information content (AvgIpc) is 2.30. The number of aliphatic carboxylic acids is 1. The van der Waals surface area contributed by atoms with Crippen LogP contribution in [-0.4, -0.2) is 17.1 Å². The van der Waals surface area contributed by atoms with Gasteiger partial charge in [-0.15, -0.1) is 0 Å². The summed E-state index contributed by atoms with van der Waals surface area (Å²) < 4.78 is 0. The fraction of sp³-hybridized carbons (Fsp3) is 0.533. The zero-order valence-corrected chi connectivity index (χ0v) is 11.7. The van der Waals surface area contributed by atoms with Crippen molar-refractivity contribution in [1.82, 2.24) is 5.32 Å². The number of aryl methyl sites for hydroxylation is 3. The number of nitrogens with one attached hydrogen (secondary N) is 1. The maximum Gasteiger partial charge on any atom is 0.320 e. The summed E-state index contributed by atoms with van der Waals surface area (Å²) in [6, 6.07) is 3.85. The Morgan fingerprint density at radius 1 is 1.22 bits per heavy atom. The van der Waals surface area contributed by atoms with Crippen molar-refractivity contribution >= 4 is 5.97 Å². The van der Waals surface area contributed by atoms with Crippen molar-refractivity contribution < 1.29 is 9.90 Å². The van der Waals surface area contributed by atoms with Crippen LogP contribution in [0.1, 0.15) is 42.0 Å². The van der Waals surface area contributed by atoms with Gasteiger partial charge in [0.15, 0.2) is 0 Å². The first-order valence-corrected chi connectivity index (χ1v) is 6.48. The number of carbonyl (C=O) groups is 1. The van der Waals surface area contributed by atoms with Crippen molar-refractivity contribution in [3.8, 4) is 0 Å². The first kappa shape index (κ1) is 14.7. The highest BCUT2D eigenvalue weighted by molar-refractivity contribution is 5.73. The molecule has 0 saturated heterocycles. The van der Waals surface area contributed by atoms with Gasteiger partial charge in [0.2, 0.25) is 0 Å². The first-order valence-electron chi connectivity index (χ1n) is 6.48. The SMILES string of the molecule is CCCC(NCc1cc(C)c(C)cc1C)C(=O)O. The molecule has 0 spiro atoms. The van der Waals surface area contributed by atoms with E-state index in [-0.39, 0.29) is 0 Å². The van der Waals surface area contributed by atoms with Gasteiger partial charge in [-0.1, -0.05) is 25.5 Å². The molecule has 0 fully saturated rings. The monoisotopic (exact) mass is 249 g/mol. The standard InChI is InChI=1S/C15H23NO2/c1-5-6-14(15(17)18)16-9-13-8-11(3)10(2)7-12(13)4/h7-8,14,16H,5-6,9H2,1-4H3,(H,17,18). The van der Waals surface area contributed by atoms with E-state index in [4.69, 9.17) is 5.11 Å². The van der Waals surface area contributed by atoms with Gasteiger partial charge in [-0.3, -0.25) is 4.79 Å². The Kier molecular flexibility index (Phi) is 5.35. The second kappa shape index (κ2) is 6.55. The lowest BCUT2D eigenvalue weighted by Crippen LogP contribution is -2.36. The minimum absolute atomic E-state index is 0.448. The van der Waals surface area contributed by atoms with E-state index in [9.17, 15) is 4.79 Å². The number of carboxylic acids is 1. The van der Waals surface area contributed by atoms with E-state index in [0.29, 0.717) is 13.0 Å². The van der Waals surface area contributed by atoms with Crippen LogP contribution in [0.25, 0.3) is 0 Å². The lowest BCUT2D eigenvalue weighted by atomic mass is 10.0. The van der Waals surface area contributed by atoms with Crippen LogP contribution >= 0.6 is 0 Å². The molecular formula is C15H23NO2. The lowest BCUT2D eigenvalue weighted by molar-refractivity contribution is -0.139. The van der Waals surface area contributed by atoms with Crippen LogP contribution < -0.4 is 5.32 Å². The molecule has 1 atom stereocenters. The molecule has 3 nitrogen and oxygen atoms in total. The van der Waals surface area contributed by atoms with E-state index in [0.717, 1.165) is 6.42 Å². The minimum atomic E-state index is -0.765. The van der Waals surface area contributed by atoms with Crippen molar-refractivity contribution in [2.75, 3.05) is 0 Å². The maximum atomic E-state index is 11.1. The number of carboxylic acid groups (broad SMARTS) is 1. The zero-order chi connectivity index (χ0) is 13.7. The van der Waals surface area contributed by atoms with Gasteiger partial charge >= 0.3 is 5.97 Å². The summed E-state index contributed by atoms with van der Waals surface area (Å²) in [5, 5.41) is 12.2. The van der Waals surface area contributed by atoms with Crippen LogP contribution in [0.5, 0.6) is 0 Å². The number of rotatable bonds is 6. The normalized spacial score (nSPS) is 12.4. The van der Waals surface area contributed by atoms with Crippen molar-refractivity contribution in [3.63, 3.8) is 0 Å². The molecule has 0 bridgehead atoms. The van der Waals surface area contributed by atoms with Crippen molar-refractivity contribution in [2.24, 2.45) is 0 Å². The summed E-state index contributed by atoms with van der Waals surface area (Å²) >= 11 is 0. The predicted molar refractivity (Wildman–Crippen MR) is 73.8 cm³/mol. The van der Waals surface area contributed by atoms with Gasteiger partial charge in [0.05, 0.1) is 0 Å². The smallest absolute Gasteiger partial charge is 0.320 e. The van der Waals surface area contributed by atoms with Gasteiger partial charge in [-0.05, 0) is 49.4 Å². The minimum Gasteiger partial charge on any atom is -0.480 e. The van der Waals surface area contributed by atoms with Gasteiger partial charge in [-0.25, -0.2) is 0 Å². The van der Waals surface area contributed by atoms with Crippen LogP contribution in [0, 0.1) is 20.8 Å². The molecular weight excluding hydrogens is 226 g/mol. The maximum absolute atomic E-state index is 11.1. The summed E-state index contributed by atoms with van der Waals surface area (Å²) in [5.41, 5.74) is 4.92. The number of hydrogen-bond donors (Lipinski definition) is 2. The van der Waals surface area contributed by atoms with Crippen LogP contribution in [0.4, 0.5) is 0 Å². The van der Waals surface area contributed by atoms with E-state index < -0.39 is 12.0 Å². The molecule has 100 valence electrons. The molecule has 1 aromatic carbocycles. The topological polar surface area (TPSA) is 49.3 Å². The molecule has 3 heteroatoms. The van der Waals surface area contributed by atoms with Gasteiger partial charge in [0.25, 0.3) is 0 Å². The van der Waals surface area contributed by atoms with E-state index in [1.54, 1.807) is 0 Å². The van der Waals surface area contributed by atoms with Crippen LogP contribution in [0.3, 0.4) is 0 Å². The molecule has 1 unspecified atom stereocenters. The van der Waals surface area contributed by atoms with Gasteiger partial charge < -0.3 is 10.4 Å². The van der Waals surface area contributed by atoms with Gasteiger partial charge in [0.1, 0.15) is 6.04 Å².